The largest absolute Gasteiger partial charge is 0.466 e. The Hall–Kier alpha value is -3.11. The van der Waals surface area contributed by atoms with Crippen LogP contribution >= 0.6 is 11.6 Å². The summed E-state index contributed by atoms with van der Waals surface area (Å²) in [6.07, 6.45) is 2.62. The third-order valence-corrected chi connectivity index (χ3v) is 5.27. The lowest BCUT2D eigenvalue weighted by Gasteiger charge is -2.22. The van der Waals surface area contributed by atoms with Crippen LogP contribution in [0.15, 0.2) is 30.5 Å². The van der Waals surface area contributed by atoms with Gasteiger partial charge in [-0.2, -0.15) is 5.26 Å². The molecule has 1 aromatic heterocycles. The number of aromatic nitrogens is 1. The van der Waals surface area contributed by atoms with Gasteiger partial charge < -0.3 is 15.4 Å². The molecule has 0 bridgehead atoms. The Morgan fingerprint density at radius 1 is 1.40 bits per heavy atom. The summed E-state index contributed by atoms with van der Waals surface area (Å²) >= 11 is 6.09. The lowest BCUT2D eigenvalue weighted by Crippen LogP contribution is -2.34. The van der Waals surface area contributed by atoms with E-state index in [4.69, 9.17) is 21.6 Å². The van der Waals surface area contributed by atoms with Gasteiger partial charge in [-0.3, -0.25) is 9.59 Å². The Balaban J connectivity index is 1.73. The first-order valence-corrected chi connectivity index (χ1v) is 10.2. The highest BCUT2D eigenvalue weighted by Gasteiger charge is 2.22. The molecule has 1 aliphatic rings. The number of amides is 1. The van der Waals surface area contributed by atoms with E-state index in [1.807, 2.05) is 26.0 Å². The summed E-state index contributed by atoms with van der Waals surface area (Å²) in [6, 6.07) is 8.90. The molecule has 1 saturated heterocycles. The molecule has 0 saturated carbocycles. The molecule has 2 heterocycles. The number of nitriles is 1. The average molecular weight is 427 g/mol. The number of nitrogens with zero attached hydrogens (tertiary/aromatic N) is 2. The molecule has 30 heavy (non-hydrogen) atoms. The number of benzene rings is 1. The summed E-state index contributed by atoms with van der Waals surface area (Å²) in [6.45, 7) is 4.84. The van der Waals surface area contributed by atoms with E-state index in [1.165, 1.54) is 0 Å². The Bertz CT molecular complexity index is 1000. The van der Waals surface area contributed by atoms with Crippen molar-refractivity contribution in [1.82, 2.24) is 10.3 Å². The molecule has 3 rings (SSSR count). The van der Waals surface area contributed by atoms with E-state index in [2.05, 4.69) is 15.6 Å². The number of esters is 1. The van der Waals surface area contributed by atoms with Crippen LogP contribution in [0.25, 0.3) is 0 Å². The van der Waals surface area contributed by atoms with Crippen molar-refractivity contribution in [2.45, 2.75) is 32.6 Å². The highest BCUT2D eigenvalue weighted by molar-refractivity contribution is 6.32. The third kappa shape index (κ3) is 5.28. The standard InChI is InChI=1S/C22H23ClN4O3/c1-13(2)17-9-20(27-16-4-3-15(10-24)19(23)8-16)25-12-18(17)22(29)26-11-14-5-6-30-21(28)7-14/h3-4,8-9,12-14H,5-7,11H2,1-2H3,(H,25,27)(H,26,29). The van der Waals surface area contributed by atoms with Crippen LogP contribution in [0.3, 0.4) is 0 Å². The zero-order chi connectivity index (χ0) is 21.7. The molecule has 0 aliphatic carbocycles. The minimum absolute atomic E-state index is 0.0905. The first-order chi connectivity index (χ1) is 14.4. The molecule has 1 unspecified atom stereocenters. The summed E-state index contributed by atoms with van der Waals surface area (Å²) in [5.74, 6) is 0.337. The predicted molar refractivity (Wildman–Crippen MR) is 114 cm³/mol. The van der Waals surface area contributed by atoms with Crippen LogP contribution in [0.2, 0.25) is 5.02 Å². The number of hydrogen-bond donors (Lipinski definition) is 2. The second kappa shape index (κ2) is 9.59. The van der Waals surface area contributed by atoms with Gasteiger partial charge in [-0.1, -0.05) is 25.4 Å². The number of cyclic esters (lactones) is 1. The van der Waals surface area contributed by atoms with Gasteiger partial charge in [-0.15, -0.1) is 0 Å². The van der Waals surface area contributed by atoms with Crippen LogP contribution in [-0.4, -0.2) is 30.0 Å². The zero-order valence-electron chi connectivity index (χ0n) is 16.9. The zero-order valence-corrected chi connectivity index (χ0v) is 17.6. The molecule has 0 radical (unpaired) electrons. The highest BCUT2D eigenvalue weighted by Crippen LogP contribution is 2.26. The smallest absolute Gasteiger partial charge is 0.306 e. The van der Waals surface area contributed by atoms with E-state index < -0.39 is 0 Å². The second-order valence-corrected chi connectivity index (χ2v) is 7.94. The number of hydrogen-bond acceptors (Lipinski definition) is 6. The molecule has 2 N–H and O–H groups in total. The molecule has 1 aliphatic heterocycles. The maximum Gasteiger partial charge on any atom is 0.306 e. The second-order valence-electron chi connectivity index (χ2n) is 7.53. The van der Waals surface area contributed by atoms with Gasteiger partial charge in [0.05, 0.1) is 29.2 Å². The Morgan fingerprint density at radius 2 is 2.20 bits per heavy atom. The lowest BCUT2D eigenvalue weighted by molar-refractivity contribution is -0.149. The molecule has 156 valence electrons. The van der Waals surface area contributed by atoms with Gasteiger partial charge >= 0.3 is 5.97 Å². The number of ether oxygens (including phenoxy) is 1. The van der Waals surface area contributed by atoms with E-state index in [1.54, 1.807) is 24.4 Å². The first kappa shape index (κ1) is 21.6. The SMILES string of the molecule is CC(C)c1cc(Nc2ccc(C#N)c(Cl)c2)ncc1C(=O)NCC1CCOC(=O)C1. The number of pyridine rings is 1. The molecule has 1 fully saturated rings. The summed E-state index contributed by atoms with van der Waals surface area (Å²) in [5, 5.41) is 15.4. The van der Waals surface area contributed by atoms with E-state index in [0.717, 1.165) is 12.0 Å². The molecular weight excluding hydrogens is 404 g/mol. The van der Waals surface area contributed by atoms with Crippen LogP contribution in [-0.2, 0) is 9.53 Å². The summed E-state index contributed by atoms with van der Waals surface area (Å²) < 4.78 is 4.94. The van der Waals surface area contributed by atoms with Crippen molar-refractivity contribution in [3.05, 3.63) is 52.2 Å². The van der Waals surface area contributed by atoms with Gasteiger partial charge in [0.15, 0.2) is 0 Å². The fourth-order valence-corrected chi connectivity index (χ4v) is 3.50. The number of nitrogens with one attached hydrogen (secondary N) is 2. The number of rotatable bonds is 6. The number of carbonyl (C=O) groups excluding carboxylic acids is 2. The number of carbonyl (C=O) groups is 2. The van der Waals surface area contributed by atoms with Crippen LogP contribution in [0.4, 0.5) is 11.5 Å². The quantitative estimate of drug-likeness (QED) is 0.672. The van der Waals surface area contributed by atoms with Gasteiger partial charge in [0.25, 0.3) is 5.91 Å². The fourth-order valence-electron chi connectivity index (χ4n) is 3.28. The average Bonchev–Trinajstić information content (AvgIpc) is 2.72. The highest BCUT2D eigenvalue weighted by atomic mass is 35.5. The van der Waals surface area contributed by atoms with Gasteiger partial charge in [0.2, 0.25) is 0 Å². The molecular formula is C22H23ClN4O3. The molecule has 0 spiro atoms. The maximum atomic E-state index is 12.7. The molecule has 1 atom stereocenters. The Morgan fingerprint density at radius 3 is 2.87 bits per heavy atom. The number of anilines is 2. The molecule has 2 aromatic rings. The summed E-state index contributed by atoms with van der Waals surface area (Å²) in [5.41, 5.74) is 2.46. The normalized spacial score (nSPS) is 16.0. The Kier molecular flexibility index (Phi) is 6.91. The summed E-state index contributed by atoms with van der Waals surface area (Å²) in [7, 11) is 0. The van der Waals surface area contributed by atoms with E-state index in [0.29, 0.717) is 47.2 Å². The summed E-state index contributed by atoms with van der Waals surface area (Å²) in [4.78, 5) is 28.5. The van der Waals surface area contributed by atoms with Crippen molar-refractivity contribution in [2.75, 3.05) is 18.5 Å². The van der Waals surface area contributed by atoms with Crippen LogP contribution in [0.5, 0.6) is 0 Å². The van der Waals surface area contributed by atoms with Crippen molar-refractivity contribution in [2.24, 2.45) is 5.92 Å². The van der Waals surface area contributed by atoms with Crippen molar-refractivity contribution >= 4 is 35.0 Å². The topological polar surface area (TPSA) is 104 Å². The van der Waals surface area contributed by atoms with Crippen LogP contribution in [0.1, 0.15) is 54.1 Å². The Labute approximate surface area is 180 Å². The predicted octanol–water partition coefficient (Wildman–Crippen LogP) is 4.16. The molecule has 1 aromatic carbocycles. The van der Waals surface area contributed by atoms with Crippen molar-refractivity contribution in [3.8, 4) is 6.07 Å². The molecule has 1 amide bonds. The van der Waals surface area contributed by atoms with Gasteiger partial charge in [0.1, 0.15) is 11.9 Å². The van der Waals surface area contributed by atoms with Crippen molar-refractivity contribution in [3.63, 3.8) is 0 Å². The van der Waals surface area contributed by atoms with Gasteiger partial charge in [-0.25, -0.2) is 4.98 Å². The number of halogens is 1. The minimum atomic E-state index is -0.219. The maximum absolute atomic E-state index is 12.7. The monoisotopic (exact) mass is 426 g/mol. The van der Waals surface area contributed by atoms with Crippen molar-refractivity contribution in [1.29, 1.82) is 5.26 Å². The van der Waals surface area contributed by atoms with Crippen LogP contribution < -0.4 is 10.6 Å². The first-order valence-electron chi connectivity index (χ1n) is 9.77. The minimum Gasteiger partial charge on any atom is -0.466 e. The van der Waals surface area contributed by atoms with Gasteiger partial charge in [-0.05, 0) is 48.1 Å². The van der Waals surface area contributed by atoms with E-state index >= 15 is 0 Å². The lowest BCUT2D eigenvalue weighted by atomic mass is 9.97. The van der Waals surface area contributed by atoms with E-state index in [9.17, 15) is 9.59 Å². The van der Waals surface area contributed by atoms with Gasteiger partial charge in [0, 0.05) is 18.4 Å². The molecule has 7 nitrogen and oxygen atoms in total. The van der Waals surface area contributed by atoms with E-state index in [-0.39, 0.29) is 23.7 Å². The van der Waals surface area contributed by atoms with Crippen molar-refractivity contribution < 1.29 is 14.3 Å². The van der Waals surface area contributed by atoms with Crippen LogP contribution in [0, 0.1) is 17.2 Å². The third-order valence-electron chi connectivity index (χ3n) is 4.96. The molecule has 8 heteroatoms. The fraction of sp³-hybridized carbons (Fsp3) is 0.364.